The number of aryl methyl sites for hydroxylation is 2. The Kier molecular flexibility index (Phi) is 5.88. The van der Waals surface area contributed by atoms with Crippen molar-refractivity contribution in [3.05, 3.63) is 63.8 Å². The average Bonchev–Trinajstić information content (AvgIpc) is 3.36. The molecule has 0 saturated carbocycles. The molecule has 7 nitrogen and oxygen atoms in total. The summed E-state index contributed by atoms with van der Waals surface area (Å²) in [5.41, 5.74) is 1.98. The monoisotopic (exact) mass is 458 g/mol. The summed E-state index contributed by atoms with van der Waals surface area (Å²) in [6, 6.07) is 13.0. The van der Waals surface area contributed by atoms with Crippen molar-refractivity contribution in [3.63, 3.8) is 0 Å². The zero-order valence-corrected chi connectivity index (χ0v) is 18.7. The van der Waals surface area contributed by atoms with Gasteiger partial charge in [0.15, 0.2) is 0 Å². The third kappa shape index (κ3) is 4.52. The smallest absolute Gasteiger partial charge is 0.265 e. The van der Waals surface area contributed by atoms with Crippen LogP contribution in [0.25, 0.3) is 0 Å². The summed E-state index contributed by atoms with van der Waals surface area (Å²) in [6.07, 6.45) is 3.14. The van der Waals surface area contributed by atoms with Gasteiger partial charge in [-0.3, -0.25) is 9.52 Å². The molecule has 3 aromatic rings. The molecular formula is C22H22N2O5S2. The van der Waals surface area contributed by atoms with E-state index in [-0.39, 0.29) is 16.6 Å². The Labute approximate surface area is 185 Å². The first-order valence-electron chi connectivity index (χ1n) is 9.67. The number of amides is 1. The molecule has 162 valence electrons. The highest BCUT2D eigenvalue weighted by molar-refractivity contribution is 7.92. The van der Waals surface area contributed by atoms with Gasteiger partial charge in [-0.1, -0.05) is 0 Å². The SMILES string of the molecule is COc1ccc(NS(=O)(=O)c2cc(NC(=O)c3cc4c(s3)CCC4)ccc2OC)cc1. The molecule has 0 radical (unpaired) electrons. The topological polar surface area (TPSA) is 93.7 Å². The number of rotatable bonds is 7. The Morgan fingerprint density at radius 2 is 1.71 bits per heavy atom. The normalized spacial score (nSPS) is 12.8. The molecule has 1 aliphatic rings. The summed E-state index contributed by atoms with van der Waals surface area (Å²) in [7, 11) is -1.03. The van der Waals surface area contributed by atoms with Crippen LogP contribution in [0.4, 0.5) is 11.4 Å². The van der Waals surface area contributed by atoms with Crippen molar-refractivity contribution < 1.29 is 22.7 Å². The van der Waals surface area contributed by atoms with Crippen LogP contribution in [0.3, 0.4) is 0 Å². The highest BCUT2D eigenvalue weighted by Gasteiger charge is 2.22. The number of anilines is 2. The van der Waals surface area contributed by atoms with Gasteiger partial charge in [-0.25, -0.2) is 8.42 Å². The lowest BCUT2D eigenvalue weighted by Crippen LogP contribution is -2.15. The molecule has 1 aliphatic carbocycles. The Balaban J connectivity index is 1.57. The van der Waals surface area contributed by atoms with Crippen molar-refractivity contribution >= 4 is 38.6 Å². The maximum atomic E-state index is 13.0. The van der Waals surface area contributed by atoms with Crippen molar-refractivity contribution in [1.29, 1.82) is 0 Å². The molecule has 2 N–H and O–H groups in total. The Hall–Kier alpha value is -3.04. The first-order chi connectivity index (χ1) is 14.9. The number of fused-ring (bicyclic) bond motifs is 1. The van der Waals surface area contributed by atoms with Gasteiger partial charge in [0, 0.05) is 16.3 Å². The van der Waals surface area contributed by atoms with Crippen molar-refractivity contribution in [3.8, 4) is 11.5 Å². The number of hydrogen-bond acceptors (Lipinski definition) is 6. The quantitative estimate of drug-likeness (QED) is 0.550. The number of nitrogens with one attached hydrogen (secondary N) is 2. The Morgan fingerprint density at radius 1 is 0.968 bits per heavy atom. The highest BCUT2D eigenvalue weighted by Crippen LogP contribution is 2.32. The molecule has 0 fully saturated rings. The van der Waals surface area contributed by atoms with Crippen LogP contribution < -0.4 is 19.5 Å². The number of thiophene rings is 1. The maximum absolute atomic E-state index is 13.0. The van der Waals surface area contributed by atoms with Gasteiger partial charge in [0.25, 0.3) is 15.9 Å². The molecule has 0 saturated heterocycles. The number of carbonyl (C=O) groups is 1. The van der Waals surface area contributed by atoms with Gasteiger partial charge >= 0.3 is 0 Å². The average molecular weight is 459 g/mol. The summed E-state index contributed by atoms with van der Waals surface area (Å²) in [5, 5.41) is 2.80. The lowest BCUT2D eigenvalue weighted by Gasteiger charge is -2.14. The predicted molar refractivity (Wildman–Crippen MR) is 121 cm³/mol. The number of ether oxygens (including phenoxy) is 2. The Morgan fingerprint density at radius 3 is 2.39 bits per heavy atom. The molecule has 31 heavy (non-hydrogen) atoms. The summed E-state index contributed by atoms with van der Waals surface area (Å²) in [5.74, 6) is 0.537. The van der Waals surface area contributed by atoms with Gasteiger partial charge in [-0.05, 0) is 73.4 Å². The fourth-order valence-electron chi connectivity index (χ4n) is 3.47. The van der Waals surface area contributed by atoms with E-state index in [1.807, 2.05) is 6.07 Å². The number of benzene rings is 2. The number of carbonyl (C=O) groups excluding carboxylic acids is 1. The van der Waals surface area contributed by atoms with E-state index in [4.69, 9.17) is 9.47 Å². The van der Waals surface area contributed by atoms with Crippen LogP contribution in [0.15, 0.2) is 53.4 Å². The van der Waals surface area contributed by atoms with E-state index in [0.717, 1.165) is 19.3 Å². The molecule has 0 unspecified atom stereocenters. The summed E-state index contributed by atoms with van der Waals surface area (Å²) in [6.45, 7) is 0. The molecule has 4 rings (SSSR count). The molecule has 1 heterocycles. The summed E-state index contributed by atoms with van der Waals surface area (Å²) < 4.78 is 38.9. The standard InChI is InChI=1S/C22H22N2O5S2/c1-28-17-9-6-15(7-10-17)24-31(26,27)21-13-16(8-11-18(21)29-2)23-22(25)20-12-14-4-3-5-19(14)30-20/h6-13,24H,3-5H2,1-2H3,(H,23,25). The van der Waals surface area contributed by atoms with E-state index in [0.29, 0.717) is 22.0 Å². The number of methoxy groups -OCH3 is 2. The van der Waals surface area contributed by atoms with Crippen LogP contribution in [0.5, 0.6) is 11.5 Å². The molecule has 0 atom stereocenters. The van der Waals surface area contributed by atoms with Crippen LogP contribution in [0.1, 0.15) is 26.5 Å². The third-order valence-electron chi connectivity index (χ3n) is 5.02. The minimum Gasteiger partial charge on any atom is -0.497 e. The van der Waals surface area contributed by atoms with E-state index in [1.54, 1.807) is 30.3 Å². The van der Waals surface area contributed by atoms with E-state index in [9.17, 15) is 13.2 Å². The second-order valence-corrected chi connectivity index (χ2v) is 9.85. The number of sulfonamides is 1. The lowest BCUT2D eigenvalue weighted by atomic mass is 10.2. The van der Waals surface area contributed by atoms with Gasteiger partial charge in [-0.2, -0.15) is 0 Å². The lowest BCUT2D eigenvalue weighted by molar-refractivity contribution is 0.103. The first kappa shape index (κ1) is 21.2. The van der Waals surface area contributed by atoms with Crippen LogP contribution in [0, 0.1) is 0 Å². The van der Waals surface area contributed by atoms with Gasteiger partial charge < -0.3 is 14.8 Å². The second-order valence-electron chi connectivity index (χ2n) is 7.07. The maximum Gasteiger partial charge on any atom is 0.265 e. The Bertz CT molecular complexity index is 1200. The molecule has 1 amide bonds. The largest absolute Gasteiger partial charge is 0.497 e. The van der Waals surface area contributed by atoms with Gasteiger partial charge in [0.2, 0.25) is 0 Å². The summed E-state index contributed by atoms with van der Waals surface area (Å²) >= 11 is 1.49. The predicted octanol–water partition coefficient (Wildman–Crippen LogP) is 4.31. The first-order valence-corrected chi connectivity index (χ1v) is 12.0. The highest BCUT2D eigenvalue weighted by atomic mass is 32.2. The van der Waals surface area contributed by atoms with Gasteiger partial charge in [0.05, 0.1) is 19.1 Å². The second kappa shape index (κ2) is 8.60. The molecule has 0 spiro atoms. The molecule has 0 aliphatic heterocycles. The van der Waals surface area contributed by atoms with Crippen LogP contribution in [0.2, 0.25) is 0 Å². The zero-order valence-electron chi connectivity index (χ0n) is 17.1. The van der Waals surface area contributed by atoms with E-state index >= 15 is 0 Å². The molecule has 0 bridgehead atoms. The van der Waals surface area contributed by atoms with Crippen molar-refractivity contribution in [1.82, 2.24) is 0 Å². The fourth-order valence-corrected chi connectivity index (χ4v) is 5.87. The fraction of sp³-hybridized carbons (Fsp3) is 0.227. The van der Waals surface area contributed by atoms with Crippen molar-refractivity contribution in [2.75, 3.05) is 24.3 Å². The van der Waals surface area contributed by atoms with Crippen LogP contribution in [-0.4, -0.2) is 28.5 Å². The number of hydrogen-bond donors (Lipinski definition) is 2. The minimum absolute atomic E-state index is 0.0720. The molecule has 9 heteroatoms. The van der Waals surface area contributed by atoms with Gasteiger partial charge in [0.1, 0.15) is 16.4 Å². The summed E-state index contributed by atoms with van der Waals surface area (Å²) in [4.78, 5) is 14.5. The minimum atomic E-state index is -3.96. The van der Waals surface area contributed by atoms with E-state index in [2.05, 4.69) is 10.0 Å². The molecule has 2 aromatic carbocycles. The van der Waals surface area contributed by atoms with Crippen LogP contribution >= 0.6 is 11.3 Å². The molecule has 1 aromatic heterocycles. The van der Waals surface area contributed by atoms with Crippen molar-refractivity contribution in [2.24, 2.45) is 0 Å². The van der Waals surface area contributed by atoms with E-state index in [1.165, 1.54) is 48.1 Å². The van der Waals surface area contributed by atoms with Crippen LogP contribution in [-0.2, 0) is 22.9 Å². The molecular weight excluding hydrogens is 436 g/mol. The van der Waals surface area contributed by atoms with Gasteiger partial charge in [-0.15, -0.1) is 11.3 Å². The van der Waals surface area contributed by atoms with Crippen molar-refractivity contribution in [2.45, 2.75) is 24.2 Å². The third-order valence-corrected chi connectivity index (χ3v) is 7.66. The zero-order chi connectivity index (χ0) is 22.0. The van der Waals surface area contributed by atoms with E-state index < -0.39 is 10.0 Å².